The third kappa shape index (κ3) is 2.72. The topological polar surface area (TPSA) is 100 Å². The molecule has 0 amide bonds. The van der Waals surface area contributed by atoms with Crippen molar-refractivity contribution in [2.45, 2.75) is 13.2 Å². The third-order valence-corrected chi connectivity index (χ3v) is 3.28. The van der Waals surface area contributed by atoms with Crippen LogP contribution in [0.25, 0.3) is 22.3 Å². The summed E-state index contributed by atoms with van der Waals surface area (Å²) in [7, 11) is 0. The molecule has 23 heavy (non-hydrogen) atoms. The molecule has 0 bridgehead atoms. The van der Waals surface area contributed by atoms with Gasteiger partial charge in [-0.25, -0.2) is 0 Å². The lowest BCUT2D eigenvalue weighted by atomic mass is 10.1. The van der Waals surface area contributed by atoms with Gasteiger partial charge in [0.25, 0.3) is 0 Å². The molecule has 0 aliphatic rings. The largest absolute Gasteiger partial charge is 0.504 e. The summed E-state index contributed by atoms with van der Waals surface area (Å²) in [6, 6.07) is 10.6. The van der Waals surface area contributed by atoms with Gasteiger partial charge >= 0.3 is 0 Å². The minimum absolute atomic E-state index is 0.0601. The van der Waals surface area contributed by atoms with Gasteiger partial charge in [0.2, 0.25) is 11.2 Å². The van der Waals surface area contributed by atoms with Gasteiger partial charge in [-0.3, -0.25) is 4.79 Å². The Kier molecular flexibility index (Phi) is 3.67. The molecule has 0 fully saturated rings. The van der Waals surface area contributed by atoms with E-state index in [0.29, 0.717) is 16.5 Å². The summed E-state index contributed by atoms with van der Waals surface area (Å²) in [6.07, 6.45) is -1.22. The lowest BCUT2D eigenvalue weighted by Crippen LogP contribution is -2.17. The number of hydrogen-bond donors (Lipinski definition) is 3. The molecule has 1 unspecified atom stereocenters. The van der Waals surface area contributed by atoms with Crippen LogP contribution in [0, 0.1) is 0 Å². The first kappa shape index (κ1) is 14.9. The highest BCUT2D eigenvalue weighted by atomic mass is 16.6. The molecular weight excluding hydrogens is 300 g/mol. The van der Waals surface area contributed by atoms with Crippen LogP contribution in [0.15, 0.2) is 51.7 Å². The summed E-state index contributed by atoms with van der Waals surface area (Å²) in [5.41, 5.74) is 0.243. The van der Waals surface area contributed by atoms with Crippen molar-refractivity contribution in [2.75, 3.05) is 0 Å². The second kappa shape index (κ2) is 5.66. The van der Waals surface area contributed by atoms with E-state index in [1.807, 2.05) is 0 Å². The molecule has 0 spiro atoms. The highest BCUT2D eigenvalue weighted by Gasteiger charge is 2.19. The van der Waals surface area contributed by atoms with E-state index in [1.165, 1.54) is 25.1 Å². The van der Waals surface area contributed by atoms with Crippen molar-refractivity contribution >= 4 is 11.0 Å². The maximum atomic E-state index is 12.6. The second-order valence-electron chi connectivity index (χ2n) is 5.01. The Morgan fingerprint density at radius 2 is 1.83 bits per heavy atom. The first-order valence-corrected chi connectivity index (χ1v) is 6.90. The van der Waals surface area contributed by atoms with E-state index >= 15 is 0 Å². The Morgan fingerprint density at radius 3 is 2.52 bits per heavy atom. The fourth-order valence-electron chi connectivity index (χ4n) is 2.26. The third-order valence-electron chi connectivity index (χ3n) is 3.28. The fraction of sp³-hybridized carbons (Fsp3) is 0.118. The van der Waals surface area contributed by atoms with Crippen LogP contribution in [0.5, 0.6) is 17.2 Å². The van der Waals surface area contributed by atoms with Crippen LogP contribution < -0.4 is 10.2 Å². The number of fused-ring (bicyclic) bond motifs is 1. The van der Waals surface area contributed by atoms with Crippen LogP contribution in [0.3, 0.4) is 0 Å². The van der Waals surface area contributed by atoms with Gasteiger partial charge in [0.1, 0.15) is 5.58 Å². The average molecular weight is 314 g/mol. The molecular formula is C17H14O6. The molecule has 0 saturated heterocycles. The summed E-state index contributed by atoms with van der Waals surface area (Å²) in [5.74, 6) is -0.759. The van der Waals surface area contributed by atoms with Crippen LogP contribution in [-0.2, 0) is 0 Å². The molecule has 3 aromatic rings. The number of aliphatic hydroxyl groups is 1. The van der Waals surface area contributed by atoms with Crippen molar-refractivity contribution < 1.29 is 24.5 Å². The predicted molar refractivity (Wildman–Crippen MR) is 83.6 cm³/mol. The normalized spacial score (nSPS) is 12.3. The zero-order valence-corrected chi connectivity index (χ0v) is 12.2. The first-order valence-electron chi connectivity index (χ1n) is 6.90. The van der Waals surface area contributed by atoms with Crippen molar-refractivity contribution in [3.8, 4) is 28.6 Å². The predicted octanol–water partition coefficient (Wildman–Crippen LogP) is 2.59. The summed E-state index contributed by atoms with van der Waals surface area (Å²) in [6.45, 7) is 1.37. The number of aliphatic hydroxyl groups excluding tert-OH is 1. The number of rotatable bonds is 3. The Bertz CT molecular complexity index is 926. The van der Waals surface area contributed by atoms with E-state index in [9.17, 15) is 20.1 Å². The average Bonchev–Trinajstić information content (AvgIpc) is 2.52. The summed E-state index contributed by atoms with van der Waals surface area (Å²) in [5, 5.41) is 28.9. The number of hydrogen-bond acceptors (Lipinski definition) is 6. The number of aromatic hydroxyl groups is 2. The van der Waals surface area contributed by atoms with Crippen molar-refractivity contribution in [3.63, 3.8) is 0 Å². The molecule has 2 aromatic carbocycles. The molecule has 6 heteroatoms. The maximum absolute atomic E-state index is 12.6. The fourth-order valence-corrected chi connectivity index (χ4v) is 2.26. The Balaban J connectivity index is 2.33. The smallest absolute Gasteiger partial charge is 0.235 e. The van der Waals surface area contributed by atoms with Crippen LogP contribution in [0.1, 0.15) is 6.92 Å². The van der Waals surface area contributed by atoms with E-state index in [1.54, 1.807) is 24.3 Å². The van der Waals surface area contributed by atoms with Crippen molar-refractivity contribution in [1.82, 2.24) is 0 Å². The van der Waals surface area contributed by atoms with Crippen molar-refractivity contribution in [3.05, 3.63) is 52.7 Å². The van der Waals surface area contributed by atoms with Crippen molar-refractivity contribution in [2.24, 2.45) is 0 Å². The molecule has 6 nitrogen and oxygen atoms in total. The van der Waals surface area contributed by atoms with Crippen LogP contribution in [-0.4, -0.2) is 21.6 Å². The van der Waals surface area contributed by atoms with Gasteiger partial charge in [0, 0.05) is 5.56 Å². The summed E-state index contributed by atoms with van der Waals surface area (Å²) in [4.78, 5) is 12.6. The molecule has 0 radical (unpaired) electrons. The molecule has 3 N–H and O–H groups in total. The Morgan fingerprint density at radius 1 is 1.09 bits per heavy atom. The lowest BCUT2D eigenvalue weighted by molar-refractivity contribution is -0.00160. The van der Waals surface area contributed by atoms with Crippen molar-refractivity contribution in [1.29, 1.82) is 0 Å². The van der Waals surface area contributed by atoms with Gasteiger partial charge in [-0.15, -0.1) is 0 Å². The van der Waals surface area contributed by atoms with E-state index < -0.39 is 11.7 Å². The van der Waals surface area contributed by atoms with Gasteiger partial charge in [-0.2, -0.15) is 0 Å². The molecule has 0 saturated carbocycles. The van der Waals surface area contributed by atoms with E-state index in [-0.39, 0.29) is 23.0 Å². The molecule has 1 atom stereocenters. The number of ether oxygens (including phenoxy) is 1. The highest BCUT2D eigenvalue weighted by Crippen LogP contribution is 2.35. The monoisotopic (exact) mass is 314 g/mol. The number of phenols is 2. The summed E-state index contributed by atoms with van der Waals surface area (Å²) < 4.78 is 10.9. The molecule has 3 rings (SSSR count). The minimum atomic E-state index is -1.22. The van der Waals surface area contributed by atoms with Gasteiger partial charge in [-0.1, -0.05) is 12.1 Å². The number of benzene rings is 2. The maximum Gasteiger partial charge on any atom is 0.235 e. The Hall–Kier alpha value is -2.99. The first-order chi connectivity index (χ1) is 11.0. The zero-order valence-electron chi connectivity index (χ0n) is 12.2. The van der Waals surface area contributed by atoms with Crippen LogP contribution >= 0.6 is 0 Å². The highest BCUT2D eigenvalue weighted by molar-refractivity contribution is 5.82. The molecule has 0 aliphatic carbocycles. The quantitative estimate of drug-likeness (QED) is 0.507. The standard InChI is InChI=1S/C17H14O6/c1-9(18)22-17-15(21)11-4-2-3-5-14(11)23-16(17)10-6-7-12(19)13(20)8-10/h2-9,18-20H,1H3. The van der Waals surface area contributed by atoms with Crippen LogP contribution in [0.2, 0.25) is 0 Å². The van der Waals surface area contributed by atoms with E-state index in [0.717, 1.165) is 0 Å². The Labute approximate surface area is 130 Å². The van der Waals surface area contributed by atoms with E-state index in [4.69, 9.17) is 9.15 Å². The molecule has 1 heterocycles. The van der Waals surface area contributed by atoms with Crippen LogP contribution in [0.4, 0.5) is 0 Å². The lowest BCUT2D eigenvalue weighted by Gasteiger charge is -2.13. The molecule has 0 aliphatic heterocycles. The second-order valence-corrected chi connectivity index (χ2v) is 5.01. The van der Waals surface area contributed by atoms with E-state index in [2.05, 4.69) is 0 Å². The van der Waals surface area contributed by atoms with Gasteiger partial charge in [-0.05, 0) is 37.3 Å². The zero-order chi connectivity index (χ0) is 16.6. The SMILES string of the molecule is CC(O)Oc1c(-c2ccc(O)c(O)c2)oc2ccccc2c1=O. The van der Waals surface area contributed by atoms with Gasteiger partial charge < -0.3 is 24.5 Å². The number of para-hydroxylation sites is 1. The molecule has 118 valence electrons. The van der Waals surface area contributed by atoms with Gasteiger partial charge in [0.15, 0.2) is 23.5 Å². The summed E-state index contributed by atoms with van der Waals surface area (Å²) >= 11 is 0. The van der Waals surface area contributed by atoms with Gasteiger partial charge in [0.05, 0.1) is 5.39 Å². The molecule has 1 aromatic heterocycles. The minimum Gasteiger partial charge on any atom is -0.504 e. The number of phenolic OH excluding ortho intramolecular Hbond substituents is 2.